The van der Waals surface area contributed by atoms with Crippen molar-refractivity contribution in [3.63, 3.8) is 0 Å². The molecule has 3 aromatic carbocycles. The maximum absolute atomic E-state index is 12.0. The molecule has 0 aromatic heterocycles. The molecule has 1 aliphatic heterocycles. The van der Waals surface area contributed by atoms with Gasteiger partial charge in [0, 0.05) is 28.7 Å². The van der Waals surface area contributed by atoms with Crippen LogP contribution in [0.4, 0.5) is 0 Å². The van der Waals surface area contributed by atoms with Crippen molar-refractivity contribution >= 4 is 22.3 Å². The molecule has 0 radical (unpaired) electrons. The van der Waals surface area contributed by atoms with Crippen molar-refractivity contribution in [2.75, 3.05) is 6.61 Å². The Morgan fingerprint density at radius 2 is 1.79 bits per heavy atom. The van der Waals surface area contributed by atoms with E-state index in [1.807, 2.05) is 18.2 Å². The predicted molar refractivity (Wildman–Crippen MR) is 132 cm³/mol. The third kappa shape index (κ3) is 2.26. The zero-order valence-corrected chi connectivity index (χ0v) is 19.5. The summed E-state index contributed by atoms with van der Waals surface area (Å²) in [6.07, 6.45) is 6.58. The molecule has 4 saturated carbocycles. The number of esters is 1. The van der Waals surface area contributed by atoms with Crippen LogP contribution in [0.5, 0.6) is 11.5 Å². The molecular formula is C31H28O3. The number of hydrogen-bond acceptors (Lipinski definition) is 3. The van der Waals surface area contributed by atoms with Crippen molar-refractivity contribution in [3.05, 3.63) is 77.4 Å². The zero-order valence-electron chi connectivity index (χ0n) is 19.5. The van der Waals surface area contributed by atoms with Crippen LogP contribution in [0.15, 0.2) is 66.2 Å². The largest absolute Gasteiger partial charge is 0.488 e. The SMILES string of the molecule is CC(=O)Oc1cc2c(c3ccccc13)OCC1=C2C23CC4CC(CC(c5ccccc5)(C4)C2)C13. The summed E-state index contributed by atoms with van der Waals surface area (Å²) in [7, 11) is 0. The molecule has 1 spiro atoms. The number of rotatable bonds is 2. The lowest BCUT2D eigenvalue weighted by atomic mass is 9.32. The number of fused-ring (bicyclic) bond motifs is 4. The molecule has 170 valence electrons. The molecule has 0 amide bonds. The number of ether oxygens (including phenoxy) is 2. The first-order valence-corrected chi connectivity index (χ1v) is 12.7. The number of carbonyl (C=O) groups excluding carboxylic acids is 1. The standard InChI is InChI=1S/C31H28O3/c1-18(32)34-26-12-24-28-25(16-33-29(24)23-10-6-5-9-22(23)26)27-20-11-19-13-30(15-20,17-31(27,28)14-19)21-7-3-2-4-8-21/h2-10,12,19-20,27H,11,13-17H2,1H3. The van der Waals surface area contributed by atoms with Crippen LogP contribution in [0.2, 0.25) is 0 Å². The normalized spacial score (nSPS) is 34.1. The molecule has 5 unspecified atom stereocenters. The summed E-state index contributed by atoms with van der Waals surface area (Å²) < 4.78 is 12.2. The van der Waals surface area contributed by atoms with Crippen LogP contribution < -0.4 is 9.47 Å². The van der Waals surface area contributed by atoms with Crippen LogP contribution in [-0.2, 0) is 10.2 Å². The molecule has 0 N–H and O–H groups in total. The van der Waals surface area contributed by atoms with Crippen molar-refractivity contribution < 1.29 is 14.3 Å². The second kappa shape index (κ2) is 6.33. The van der Waals surface area contributed by atoms with Gasteiger partial charge in [0.15, 0.2) is 0 Å². The maximum atomic E-state index is 12.0. The highest BCUT2D eigenvalue weighted by Gasteiger charge is 2.70. The fourth-order valence-electron chi connectivity index (χ4n) is 9.31. The van der Waals surface area contributed by atoms with Crippen molar-refractivity contribution in [1.29, 1.82) is 0 Å². The Kier molecular flexibility index (Phi) is 3.58. The highest BCUT2D eigenvalue weighted by molar-refractivity contribution is 6.01. The molecule has 34 heavy (non-hydrogen) atoms. The van der Waals surface area contributed by atoms with Gasteiger partial charge in [0.1, 0.15) is 18.1 Å². The number of carbonyl (C=O) groups is 1. The van der Waals surface area contributed by atoms with Crippen molar-refractivity contribution in [2.24, 2.45) is 23.2 Å². The first-order valence-electron chi connectivity index (χ1n) is 12.7. The van der Waals surface area contributed by atoms with E-state index < -0.39 is 0 Å². The Hall–Kier alpha value is -3.07. The fraction of sp³-hybridized carbons (Fsp3) is 0.387. The van der Waals surface area contributed by atoms with Gasteiger partial charge in [-0.3, -0.25) is 4.79 Å². The van der Waals surface area contributed by atoms with Gasteiger partial charge >= 0.3 is 5.97 Å². The second-order valence-electron chi connectivity index (χ2n) is 11.5. The van der Waals surface area contributed by atoms with Crippen LogP contribution in [0, 0.1) is 23.2 Å². The van der Waals surface area contributed by atoms with E-state index in [1.165, 1.54) is 55.7 Å². The minimum absolute atomic E-state index is 0.240. The molecule has 0 saturated heterocycles. The first-order chi connectivity index (χ1) is 16.6. The molecule has 9 rings (SSSR count). The number of hydrogen-bond donors (Lipinski definition) is 0. The summed E-state index contributed by atoms with van der Waals surface area (Å²) >= 11 is 0. The Labute approximate surface area is 199 Å². The molecule has 4 fully saturated rings. The Morgan fingerprint density at radius 3 is 2.62 bits per heavy atom. The van der Waals surface area contributed by atoms with Crippen molar-refractivity contribution in [3.8, 4) is 11.5 Å². The van der Waals surface area contributed by atoms with Crippen LogP contribution in [-0.4, -0.2) is 12.6 Å². The summed E-state index contributed by atoms with van der Waals surface area (Å²) in [5.41, 5.74) is 6.33. The maximum Gasteiger partial charge on any atom is 0.308 e. The van der Waals surface area contributed by atoms with Crippen LogP contribution in [0.1, 0.15) is 50.2 Å². The van der Waals surface area contributed by atoms with E-state index in [0.717, 1.165) is 28.4 Å². The summed E-state index contributed by atoms with van der Waals surface area (Å²) in [5.74, 6) is 3.59. The van der Waals surface area contributed by atoms with Crippen LogP contribution in [0.3, 0.4) is 0 Å². The number of allylic oxidation sites excluding steroid dienone is 1. The van der Waals surface area contributed by atoms with Gasteiger partial charge in [0.25, 0.3) is 0 Å². The van der Waals surface area contributed by atoms with E-state index in [2.05, 4.69) is 42.5 Å². The average molecular weight is 449 g/mol. The molecule has 3 aromatic rings. The minimum Gasteiger partial charge on any atom is -0.488 e. The van der Waals surface area contributed by atoms with Gasteiger partial charge in [-0.2, -0.15) is 0 Å². The molecule has 3 nitrogen and oxygen atoms in total. The van der Waals surface area contributed by atoms with Gasteiger partial charge < -0.3 is 9.47 Å². The van der Waals surface area contributed by atoms with Crippen LogP contribution in [0.25, 0.3) is 16.3 Å². The summed E-state index contributed by atoms with van der Waals surface area (Å²) in [4.78, 5) is 12.0. The molecule has 5 aliphatic carbocycles. The molecule has 3 heteroatoms. The van der Waals surface area contributed by atoms with Gasteiger partial charge in [-0.05, 0) is 78.0 Å². The molecule has 1 heterocycles. The smallest absolute Gasteiger partial charge is 0.308 e. The van der Waals surface area contributed by atoms with Gasteiger partial charge in [0.05, 0.1) is 0 Å². The average Bonchev–Trinajstić information content (AvgIpc) is 2.82. The van der Waals surface area contributed by atoms with Gasteiger partial charge in [-0.25, -0.2) is 0 Å². The van der Waals surface area contributed by atoms with E-state index in [4.69, 9.17) is 9.47 Å². The lowest BCUT2D eigenvalue weighted by Gasteiger charge is -2.72. The topological polar surface area (TPSA) is 35.5 Å². The van der Waals surface area contributed by atoms with Gasteiger partial charge in [-0.1, -0.05) is 54.6 Å². The Morgan fingerprint density at radius 1 is 1.00 bits per heavy atom. The Balaban J connectivity index is 1.33. The van der Waals surface area contributed by atoms with Crippen molar-refractivity contribution in [1.82, 2.24) is 0 Å². The molecule has 5 atom stereocenters. The fourth-order valence-corrected chi connectivity index (χ4v) is 9.31. The third-order valence-corrected chi connectivity index (χ3v) is 9.77. The van der Waals surface area contributed by atoms with E-state index in [9.17, 15) is 4.79 Å². The van der Waals surface area contributed by atoms with E-state index in [-0.39, 0.29) is 11.4 Å². The van der Waals surface area contributed by atoms with Crippen molar-refractivity contribution in [2.45, 2.75) is 44.4 Å². The van der Waals surface area contributed by atoms with E-state index in [1.54, 1.807) is 5.56 Å². The lowest BCUT2D eigenvalue weighted by Crippen LogP contribution is -2.64. The monoisotopic (exact) mass is 448 g/mol. The van der Waals surface area contributed by atoms with Crippen LogP contribution >= 0.6 is 0 Å². The summed E-state index contributed by atoms with van der Waals surface area (Å²) in [6.45, 7) is 2.20. The van der Waals surface area contributed by atoms with Gasteiger partial charge in [0.2, 0.25) is 0 Å². The predicted octanol–water partition coefficient (Wildman–Crippen LogP) is 6.69. The Bertz CT molecular complexity index is 1420. The number of benzene rings is 3. The van der Waals surface area contributed by atoms with E-state index >= 15 is 0 Å². The second-order valence-corrected chi connectivity index (χ2v) is 11.5. The van der Waals surface area contributed by atoms with Gasteiger partial charge in [-0.15, -0.1) is 0 Å². The molecular weight excluding hydrogens is 420 g/mol. The summed E-state index contributed by atoms with van der Waals surface area (Å²) in [5, 5.41) is 2.00. The molecule has 4 bridgehead atoms. The van der Waals surface area contributed by atoms with E-state index in [0.29, 0.717) is 23.7 Å². The highest BCUT2D eigenvalue weighted by atomic mass is 16.5. The summed E-state index contributed by atoms with van der Waals surface area (Å²) in [6, 6.07) is 21.6. The minimum atomic E-state index is -0.277. The molecule has 6 aliphatic rings. The quantitative estimate of drug-likeness (QED) is 0.324. The lowest BCUT2D eigenvalue weighted by molar-refractivity contribution is -0.131. The highest BCUT2D eigenvalue weighted by Crippen LogP contribution is 2.78. The first kappa shape index (κ1) is 19.3. The zero-order chi connectivity index (χ0) is 22.7. The third-order valence-electron chi connectivity index (χ3n) is 9.77.